The van der Waals surface area contributed by atoms with E-state index in [-0.39, 0.29) is 18.3 Å². The zero-order chi connectivity index (χ0) is 14.9. The quantitative estimate of drug-likeness (QED) is 0.650. The monoisotopic (exact) mass is 289 g/mol. The van der Waals surface area contributed by atoms with Crippen molar-refractivity contribution < 1.29 is 14.3 Å². The largest absolute Gasteiger partial charge is 0.459 e. The number of pyridine rings is 1. The van der Waals surface area contributed by atoms with Gasteiger partial charge in [-0.05, 0) is 43.5 Å². The maximum Gasteiger partial charge on any atom is 0.291 e. The third kappa shape index (κ3) is 4.92. The Bertz CT molecular complexity index is 538. The van der Waals surface area contributed by atoms with Crippen molar-refractivity contribution in [1.82, 2.24) is 4.98 Å². The minimum atomic E-state index is -0.300. The van der Waals surface area contributed by atoms with E-state index < -0.39 is 0 Å². The van der Waals surface area contributed by atoms with Gasteiger partial charge in [-0.1, -0.05) is 0 Å². The number of rotatable bonds is 8. The van der Waals surface area contributed by atoms with E-state index in [2.05, 4.69) is 15.6 Å². The second-order valence-corrected chi connectivity index (χ2v) is 4.57. The lowest BCUT2D eigenvalue weighted by Crippen LogP contribution is -2.11. The molecule has 0 saturated carbocycles. The van der Waals surface area contributed by atoms with Gasteiger partial charge in [-0.25, -0.2) is 4.98 Å². The summed E-state index contributed by atoms with van der Waals surface area (Å²) in [4.78, 5) is 16.0. The number of furan rings is 1. The molecule has 6 nitrogen and oxygen atoms in total. The number of hydrogen-bond donors (Lipinski definition) is 3. The van der Waals surface area contributed by atoms with Gasteiger partial charge in [0.15, 0.2) is 5.76 Å². The van der Waals surface area contributed by atoms with Crippen LogP contribution in [0, 0.1) is 0 Å². The van der Waals surface area contributed by atoms with Gasteiger partial charge in [0.1, 0.15) is 5.82 Å². The van der Waals surface area contributed by atoms with Crippen LogP contribution >= 0.6 is 0 Å². The Labute approximate surface area is 123 Å². The van der Waals surface area contributed by atoms with Gasteiger partial charge in [-0.3, -0.25) is 4.79 Å². The summed E-state index contributed by atoms with van der Waals surface area (Å²) in [5.41, 5.74) is 0.613. The summed E-state index contributed by atoms with van der Waals surface area (Å²) in [6, 6.07) is 6.86. The number of unbranched alkanes of at least 4 members (excludes halogenated alkanes) is 2. The van der Waals surface area contributed by atoms with E-state index in [1.54, 1.807) is 24.4 Å². The summed E-state index contributed by atoms with van der Waals surface area (Å²) in [7, 11) is 0. The molecule has 2 aromatic rings. The third-order valence-corrected chi connectivity index (χ3v) is 2.91. The fraction of sp³-hybridized carbons (Fsp3) is 0.333. The van der Waals surface area contributed by atoms with E-state index in [0.29, 0.717) is 5.69 Å². The van der Waals surface area contributed by atoms with E-state index in [4.69, 9.17) is 9.52 Å². The highest BCUT2D eigenvalue weighted by molar-refractivity contribution is 6.02. The maximum absolute atomic E-state index is 11.8. The molecule has 2 rings (SSSR count). The van der Waals surface area contributed by atoms with Crippen LogP contribution in [-0.4, -0.2) is 29.1 Å². The Hall–Kier alpha value is -2.34. The Morgan fingerprint density at radius 1 is 1.24 bits per heavy atom. The van der Waals surface area contributed by atoms with Crippen molar-refractivity contribution in [3.05, 3.63) is 42.5 Å². The van der Waals surface area contributed by atoms with Crippen molar-refractivity contribution in [2.45, 2.75) is 19.3 Å². The number of carbonyl (C=O) groups excluding carboxylic acids is 1. The van der Waals surface area contributed by atoms with Crippen LogP contribution in [0.15, 0.2) is 41.1 Å². The van der Waals surface area contributed by atoms with Crippen LogP contribution in [0.25, 0.3) is 0 Å². The molecular formula is C15H19N3O3. The van der Waals surface area contributed by atoms with Crippen molar-refractivity contribution in [2.24, 2.45) is 0 Å². The zero-order valence-corrected chi connectivity index (χ0v) is 11.7. The molecular weight excluding hydrogens is 270 g/mol. The molecule has 0 spiro atoms. The third-order valence-electron chi connectivity index (χ3n) is 2.91. The minimum absolute atomic E-state index is 0.238. The standard InChI is InChI=1S/C15H19N3O3/c19-9-3-1-2-8-16-14-7-6-12(11-17-14)18-15(20)13-5-4-10-21-13/h4-7,10-11,19H,1-3,8-9H2,(H,16,17)(H,18,20). The van der Waals surface area contributed by atoms with Gasteiger partial charge >= 0.3 is 0 Å². The van der Waals surface area contributed by atoms with Crippen LogP contribution in [-0.2, 0) is 0 Å². The van der Waals surface area contributed by atoms with Crippen molar-refractivity contribution in [1.29, 1.82) is 0 Å². The number of carbonyl (C=O) groups is 1. The number of anilines is 2. The summed E-state index contributed by atoms with van der Waals surface area (Å²) in [5, 5.41) is 14.6. The van der Waals surface area contributed by atoms with Crippen molar-refractivity contribution in [2.75, 3.05) is 23.8 Å². The number of amides is 1. The second-order valence-electron chi connectivity index (χ2n) is 4.57. The van der Waals surface area contributed by atoms with Gasteiger partial charge in [-0.2, -0.15) is 0 Å². The van der Waals surface area contributed by atoms with E-state index in [9.17, 15) is 4.79 Å². The summed E-state index contributed by atoms with van der Waals surface area (Å²) in [6.07, 6.45) is 5.85. The lowest BCUT2D eigenvalue weighted by atomic mass is 10.2. The first-order valence-corrected chi connectivity index (χ1v) is 6.95. The SMILES string of the molecule is O=C(Nc1ccc(NCCCCCO)nc1)c1ccco1. The molecule has 0 fully saturated rings. The molecule has 21 heavy (non-hydrogen) atoms. The Morgan fingerprint density at radius 3 is 2.81 bits per heavy atom. The average molecular weight is 289 g/mol. The molecule has 0 saturated heterocycles. The molecule has 0 atom stereocenters. The summed E-state index contributed by atoms with van der Waals surface area (Å²) in [5.74, 6) is 0.725. The Morgan fingerprint density at radius 2 is 2.14 bits per heavy atom. The first-order valence-electron chi connectivity index (χ1n) is 6.95. The highest BCUT2D eigenvalue weighted by Gasteiger charge is 2.08. The van der Waals surface area contributed by atoms with Crippen LogP contribution < -0.4 is 10.6 Å². The van der Waals surface area contributed by atoms with E-state index in [1.165, 1.54) is 6.26 Å². The molecule has 0 unspecified atom stereocenters. The van der Waals surface area contributed by atoms with Crippen molar-refractivity contribution in [3.8, 4) is 0 Å². The van der Waals surface area contributed by atoms with Crippen molar-refractivity contribution in [3.63, 3.8) is 0 Å². The van der Waals surface area contributed by atoms with Gasteiger partial charge in [0.2, 0.25) is 0 Å². The van der Waals surface area contributed by atoms with Crippen LogP contribution in [0.3, 0.4) is 0 Å². The zero-order valence-electron chi connectivity index (χ0n) is 11.7. The van der Waals surface area contributed by atoms with E-state index >= 15 is 0 Å². The molecule has 0 bridgehead atoms. The summed E-state index contributed by atoms with van der Waals surface area (Å²) < 4.78 is 5.01. The molecule has 1 amide bonds. The Balaban J connectivity index is 1.78. The van der Waals surface area contributed by atoms with Crippen molar-refractivity contribution >= 4 is 17.4 Å². The summed E-state index contributed by atoms with van der Waals surface area (Å²) in [6.45, 7) is 1.05. The molecule has 3 N–H and O–H groups in total. The molecule has 0 aliphatic carbocycles. The van der Waals surface area contributed by atoms with Crippen LogP contribution in [0.1, 0.15) is 29.8 Å². The number of aromatic nitrogens is 1. The number of hydrogen-bond acceptors (Lipinski definition) is 5. The van der Waals surface area contributed by atoms with E-state index in [1.807, 2.05) is 6.07 Å². The smallest absolute Gasteiger partial charge is 0.291 e. The van der Waals surface area contributed by atoms with Crippen LogP contribution in [0.4, 0.5) is 11.5 Å². The van der Waals surface area contributed by atoms with Gasteiger partial charge in [0.25, 0.3) is 5.91 Å². The molecule has 0 aliphatic heterocycles. The van der Waals surface area contributed by atoms with Gasteiger partial charge in [0, 0.05) is 13.2 Å². The number of nitrogens with one attached hydrogen (secondary N) is 2. The van der Waals surface area contributed by atoms with Gasteiger partial charge in [-0.15, -0.1) is 0 Å². The number of aliphatic hydroxyl groups is 1. The predicted molar refractivity (Wildman–Crippen MR) is 80.3 cm³/mol. The minimum Gasteiger partial charge on any atom is -0.459 e. The normalized spacial score (nSPS) is 10.3. The lowest BCUT2D eigenvalue weighted by Gasteiger charge is -2.07. The first-order chi connectivity index (χ1) is 10.3. The highest BCUT2D eigenvalue weighted by atomic mass is 16.3. The fourth-order valence-corrected chi connectivity index (χ4v) is 1.80. The van der Waals surface area contributed by atoms with Crippen LogP contribution in [0.5, 0.6) is 0 Å². The fourth-order valence-electron chi connectivity index (χ4n) is 1.80. The molecule has 6 heteroatoms. The van der Waals surface area contributed by atoms with Gasteiger partial charge < -0.3 is 20.2 Å². The second kappa shape index (κ2) is 8.06. The predicted octanol–water partition coefficient (Wildman–Crippen LogP) is 2.50. The molecule has 0 radical (unpaired) electrons. The molecule has 0 aromatic carbocycles. The highest BCUT2D eigenvalue weighted by Crippen LogP contribution is 2.12. The lowest BCUT2D eigenvalue weighted by molar-refractivity contribution is 0.0996. The number of aliphatic hydroxyl groups excluding tert-OH is 1. The molecule has 112 valence electrons. The first kappa shape index (κ1) is 15.1. The summed E-state index contributed by atoms with van der Waals surface area (Å²) >= 11 is 0. The molecule has 2 heterocycles. The average Bonchev–Trinajstić information content (AvgIpc) is 3.03. The molecule has 0 aliphatic rings. The maximum atomic E-state index is 11.8. The van der Waals surface area contributed by atoms with E-state index in [0.717, 1.165) is 31.6 Å². The number of nitrogens with zero attached hydrogens (tertiary/aromatic N) is 1. The van der Waals surface area contributed by atoms with Gasteiger partial charge in [0.05, 0.1) is 18.1 Å². The Kier molecular flexibility index (Phi) is 5.78. The molecule has 2 aromatic heterocycles. The topological polar surface area (TPSA) is 87.4 Å². The van der Waals surface area contributed by atoms with Crippen LogP contribution in [0.2, 0.25) is 0 Å².